The number of hydrogen-bond donors (Lipinski definition) is 3. The molecular formula is C10H15N3O2S. The summed E-state index contributed by atoms with van der Waals surface area (Å²) in [6.07, 6.45) is 1.75. The highest BCUT2D eigenvalue weighted by molar-refractivity contribution is 8.01. The Morgan fingerprint density at radius 3 is 2.75 bits per heavy atom. The van der Waals surface area contributed by atoms with E-state index in [0.717, 1.165) is 11.5 Å². The van der Waals surface area contributed by atoms with Crippen molar-refractivity contribution in [3.05, 3.63) is 17.7 Å². The number of thioether (sulfide) groups is 1. The van der Waals surface area contributed by atoms with Gasteiger partial charge in [-0.3, -0.25) is 10.1 Å². The highest BCUT2D eigenvalue weighted by atomic mass is 32.2. The fourth-order valence-electron chi connectivity index (χ4n) is 1.83. The molecule has 2 unspecified atom stereocenters. The third-order valence-corrected chi connectivity index (χ3v) is 4.09. The minimum absolute atomic E-state index is 0.0789. The van der Waals surface area contributed by atoms with E-state index in [1.807, 2.05) is 20.8 Å². The summed E-state index contributed by atoms with van der Waals surface area (Å²) in [6.45, 7) is 5.79. The van der Waals surface area contributed by atoms with E-state index in [4.69, 9.17) is 5.11 Å². The van der Waals surface area contributed by atoms with Gasteiger partial charge in [0.15, 0.2) is 0 Å². The van der Waals surface area contributed by atoms with Gasteiger partial charge < -0.3 is 10.1 Å². The number of carboxylic acids is 1. The minimum Gasteiger partial charge on any atom is -0.480 e. The fourth-order valence-corrected chi connectivity index (χ4v) is 3.18. The van der Waals surface area contributed by atoms with E-state index in [2.05, 4.69) is 15.3 Å². The number of hydrogen-bond acceptors (Lipinski definition) is 4. The van der Waals surface area contributed by atoms with E-state index in [1.54, 1.807) is 18.0 Å². The van der Waals surface area contributed by atoms with E-state index in [-0.39, 0.29) is 10.1 Å². The number of aromatic nitrogens is 2. The van der Waals surface area contributed by atoms with Crippen LogP contribution in [0.1, 0.15) is 30.7 Å². The average molecular weight is 241 g/mol. The summed E-state index contributed by atoms with van der Waals surface area (Å²) >= 11 is 1.58. The molecule has 1 aliphatic rings. The van der Waals surface area contributed by atoms with Crippen molar-refractivity contribution >= 4 is 17.7 Å². The van der Waals surface area contributed by atoms with E-state index < -0.39 is 12.0 Å². The van der Waals surface area contributed by atoms with Crippen LogP contribution in [0, 0.1) is 6.92 Å². The molecular weight excluding hydrogens is 226 g/mol. The molecule has 2 rings (SSSR count). The van der Waals surface area contributed by atoms with Gasteiger partial charge in [0.2, 0.25) is 0 Å². The Labute approximate surface area is 98.0 Å². The van der Waals surface area contributed by atoms with Gasteiger partial charge in [0.05, 0.1) is 0 Å². The largest absolute Gasteiger partial charge is 0.480 e. The molecule has 1 aromatic rings. The summed E-state index contributed by atoms with van der Waals surface area (Å²) < 4.78 is -0.336. The van der Waals surface area contributed by atoms with Gasteiger partial charge in [-0.2, -0.15) is 0 Å². The van der Waals surface area contributed by atoms with Crippen molar-refractivity contribution in [1.29, 1.82) is 0 Å². The Bertz CT molecular complexity index is 416. The second-order valence-electron chi connectivity index (χ2n) is 4.49. The summed E-state index contributed by atoms with van der Waals surface area (Å²) in [4.78, 5) is 18.4. The van der Waals surface area contributed by atoms with Crippen molar-refractivity contribution in [1.82, 2.24) is 15.3 Å². The molecule has 0 bridgehead atoms. The molecule has 0 aromatic carbocycles. The van der Waals surface area contributed by atoms with Crippen molar-refractivity contribution in [3.63, 3.8) is 0 Å². The molecule has 1 saturated heterocycles. The zero-order valence-corrected chi connectivity index (χ0v) is 10.3. The van der Waals surface area contributed by atoms with E-state index in [1.165, 1.54) is 0 Å². The van der Waals surface area contributed by atoms with Crippen molar-refractivity contribution in [2.24, 2.45) is 0 Å². The Morgan fingerprint density at radius 2 is 2.31 bits per heavy atom. The number of aryl methyl sites for hydroxylation is 1. The molecule has 88 valence electrons. The fraction of sp³-hybridized carbons (Fsp3) is 0.600. The summed E-state index contributed by atoms with van der Waals surface area (Å²) in [5.74, 6) is -0.0254. The lowest BCUT2D eigenvalue weighted by Gasteiger charge is -2.20. The first kappa shape index (κ1) is 11.5. The van der Waals surface area contributed by atoms with Crippen LogP contribution in [0.25, 0.3) is 0 Å². The van der Waals surface area contributed by atoms with Crippen LogP contribution >= 0.6 is 11.8 Å². The number of nitrogens with zero attached hydrogens (tertiary/aromatic N) is 1. The molecule has 16 heavy (non-hydrogen) atoms. The quantitative estimate of drug-likeness (QED) is 0.727. The molecule has 0 spiro atoms. The van der Waals surface area contributed by atoms with Gasteiger partial charge in [0.25, 0.3) is 0 Å². The normalized spacial score (nSPS) is 28.2. The van der Waals surface area contributed by atoms with E-state index >= 15 is 0 Å². The van der Waals surface area contributed by atoms with Crippen molar-refractivity contribution in [2.75, 3.05) is 0 Å². The lowest BCUT2D eigenvalue weighted by molar-refractivity contribution is -0.139. The molecule has 0 aliphatic carbocycles. The van der Waals surface area contributed by atoms with Crippen LogP contribution in [0.2, 0.25) is 0 Å². The average Bonchev–Trinajstić information content (AvgIpc) is 2.69. The lowest BCUT2D eigenvalue weighted by atomic mass is 10.0. The monoisotopic (exact) mass is 241 g/mol. The first-order valence-electron chi connectivity index (χ1n) is 5.08. The first-order chi connectivity index (χ1) is 7.40. The second-order valence-corrected chi connectivity index (χ2v) is 6.25. The zero-order chi connectivity index (χ0) is 11.9. The van der Waals surface area contributed by atoms with Crippen LogP contribution in [-0.4, -0.2) is 31.8 Å². The Kier molecular flexibility index (Phi) is 2.71. The van der Waals surface area contributed by atoms with Gasteiger partial charge in [-0.15, -0.1) is 11.8 Å². The molecule has 2 heterocycles. The predicted octanol–water partition coefficient (Wildman–Crippen LogP) is 1.28. The maximum Gasteiger partial charge on any atom is 0.322 e. The SMILES string of the molecule is Cc1cnc(C2NC(C(=O)O)C(C)(C)S2)[nH]1. The topological polar surface area (TPSA) is 78.0 Å². The van der Waals surface area contributed by atoms with Crippen LogP contribution in [0.5, 0.6) is 0 Å². The smallest absolute Gasteiger partial charge is 0.322 e. The van der Waals surface area contributed by atoms with E-state index in [0.29, 0.717) is 0 Å². The Morgan fingerprint density at radius 1 is 1.62 bits per heavy atom. The summed E-state index contributed by atoms with van der Waals surface area (Å²) in [5, 5.41) is 12.1. The number of imidazole rings is 1. The third kappa shape index (κ3) is 1.94. The highest BCUT2D eigenvalue weighted by Crippen LogP contribution is 2.44. The molecule has 1 aromatic heterocycles. The highest BCUT2D eigenvalue weighted by Gasteiger charge is 2.46. The number of rotatable bonds is 2. The molecule has 2 atom stereocenters. The van der Waals surface area contributed by atoms with Gasteiger partial charge in [-0.25, -0.2) is 4.98 Å². The van der Waals surface area contributed by atoms with Gasteiger partial charge in [0.1, 0.15) is 17.2 Å². The predicted molar refractivity (Wildman–Crippen MR) is 62.3 cm³/mol. The number of H-pyrrole nitrogens is 1. The summed E-state index contributed by atoms with van der Waals surface area (Å²) in [6, 6.07) is -0.548. The third-order valence-electron chi connectivity index (χ3n) is 2.65. The number of carboxylic acid groups (broad SMARTS) is 1. The van der Waals surface area contributed by atoms with Gasteiger partial charge in [0, 0.05) is 16.6 Å². The maximum atomic E-state index is 11.1. The molecule has 3 N–H and O–H groups in total. The van der Waals surface area contributed by atoms with Crippen molar-refractivity contribution < 1.29 is 9.90 Å². The molecule has 1 aliphatic heterocycles. The molecule has 6 heteroatoms. The zero-order valence-electron chi connectivity index (χ0n) is 9.44. The standard InChI is InChI=1S/C10H15N3O2S/c1-5-4-11-7(12-5)8-13-6(9(14)15)10(2,3)16-8/h4,6,8,13H,1-3H3,(H,11,12)(H,14,15). The Hall–Kier alpha value is -1.01. The van der Waals surface area contributed by atoms with Crippen LogP contribution in [0.3, 0.4) is 0 Å². The van der Waals surface area contributed by atoms with Gasteiger partial charge >= 0.3 is 5.97 Å². The molecule has 0 radical (unpaired) electrons. The van der Waals surface area contributed by atoms with Crippen LogP contribution in [0.15, 0.2) is 6.20 Å². The minimum atomic E-state index is -0.816. The van der Waals surface area contributed by atoms with Crippen molar-refractivity contribution in [3.8, 4) is 0 Å². The van der Waals surface area contributed by atoms with Gasteiger partial charge in [-0.1, -0.05) is 0 Å². The number of nitrogens with one attached hydrogen (secondary N) is 2. The summed E-state index contributed by atoms with van der Waals surface area (Å²) in [5.41, 5.74) is 0.981. The second kappa shape index (κ2) is 3.78. The number of aliphatic carboxylic acids is 1. The molecule has 1 fully saturated rings. The number of aromatic amines is 1. The molecule has 0 amide bonds. The Balaban J connectivity index is 2.20. The molecule has 5 nitrogen and oxygen atoms in total. The van der Waals surface area contributed by atoms with Crippen LogP contribution in [0.4, 0.5) is 0 Å². The molecule has 0 saturated carbocycles. The van der Waals surface area contributed by atoms with E-state index in [9.17, 15) is 4.79 Å². The van der Waals surface area contributed by atoms with Crippen LogP contribution < -0.4 is 5.32 Å². The van der Waals surface area contributed by atoms with Gasteiger partial charge in [-0.05, 0) is 20.8 Å². The lowest BCUT2D eigenvalue weighted by Crippen LogP contribution is -2.43. The van der Waals surface area contributed by atoms with Crippen molar-refractivity contribution in [2.45, 2.75) is 36.9 Å². The van der Waals surface area contributed by atoms with Crippen LogP contribution in [-0.2, 0) is 4.79 Å². The summed E-state index contributed by atoms with van der Waals surface area (Å²) in [7, 11) is 0. The maximum absolute atomic E-state index is 11.1. The number of carbonyl (C=O) groups is 1. The first-order valence-corrected chi connectivity index (χ1v) is 5.96.